The van der Waals surface area contributed by atoms with Crippen molar-refractivity contribution in [2.45, 2.75) is 6.42 Å². The van der Waals surface area contributed by atoms with Crippen molar-refractivity contribution < 1.29 is 4.79 Å². The zero-order chi connectivity index (χ0) is 8.10. The van der Waals surface area contributed by atoms with Gasteiger partial charge < -0.3 is 4.79 Å². The van der Waals surface area contributed by atoms with E-state index in [2.05, 4.69) is 18.4 Å². The van der Waals surface area contributed by atoms with Crippen molar-refractivity contribution in [1.29, 1.82) is 0 Å². The minimum absolute atomic E-state index is 0.261. The van der Waals surface area contributed by atoms with Crippen molar-refractivity contribution >= 4 is 6.29 Å². The van der Waals surface area contributed by atoms with E-state index in [4.69, 9.17) is 0 Å². The molecule has 0 N–H and O–H groups in total. The second kappa shape index (κ2) is 3.78. The smallest absolute Gasteiger partial charge is 0.123 e. The maximum Gasteiger partial charge on any atom is 0.123 e. The Morgan fingerprint density at radius 3 is 2.73 bits per heavy atom. The van der Waals surface area contributed by atoms with Crippen LogP contribution in [0.3, 0.4) is 0 Å². The summed E-state index contributed by atoms with van der Waals surface area (Å²) in [5, 5.41) is 0. The number of carbonyl (C=O) groups excluding carboxylic acids is 1. The van der Waals surface area contributed by atoms with E-state index >= 15 is 0 Å². The van der Waals surface area contributed by atoms with E-state index in [1.807, 2.05) is 6.08 Å². The van der Waals surface area contributed by atoms with Crippen molar-refractivity contribution in [1.82, 2.24) is 0 Å². The van der Waals surface area contributed by atoms with Gasteiger partial charge in [0.2, 0.25) is 0 Å². The van der Waals surface area contributed by atoms with E-state index in [1.54, 1.807) is 12.2 Å². The molecule has 1 heteroatoms. The first-order valence-corrected chi connectivity index (χ1v) is 3.62. The Bertz CT molecular complexity index is 239. The molecule has 2 unspecified atom stereocenters. The van der Waals surface area contributed by atoms with Crippen LogP contribution in [0.5, 0.6) is 0 Å². The van der Waals surface area contributed by atoms with Crippen LogP contribution in [-0.2, 0) is 4.79 Å². The normalized spacial score (nSPS) is 27.3. The molecule has 56 valence electrons. The standard InChI is InChI=1S/C10H10O/c1-2-3-4-5-6-9-7-10(9)8-11/h2,5-6,8-10H,1,7H2/b6-5+. The van der Waals surface area contributed by atoms with Crippen LogP contribution in [0.2, 0.25) is 0 Å². The molecule has 0 aromatic rings. The van der Waals surface area contributed by atoms with E-state index in [0.717, 1.165) is 12.7 Å². The predicted molar refractivity (Wildman–Crippen MR) is 44.8 cm³/mol. The third-order valence-corrected chi connectivity index (χ3v) is 1.68. The Morgan fingerprint density at radius 2 is 2.18 bits per heavy atom. The average Bonchev–Trinajstić information content (AvgIpc) is 2.77. The Balaban J connectivity index is 2.27. The topological polar surface area (TPSA) is 17.1 Å². The molecule has 0 saturated heterocycles. The highest BCUT2D eigenvalue weighted by Crippen LogP contribution is 2.37. The molecule has 1 rings (SSSR count). The van der Waals surface area contributed by atoms with E-state index in [0.29, 0.717) is 5.92 Å². The van der Waals surface area contributed by atoms with Crippen LogP contribution >= 0.6 is 0 Å². The molecule has 0 amide bonds. The van der Waals surface area contributed by atoms with E-state index in [-0.39, 0.29) is 5.92 Å². The molecule has 0 bridgehead atoms. The summed E-state index contributed by atoms with van der Waals surface area (Å²) in [5.74, 6) is 6.20. The van der Waals surface area contributed by atoms with Gasteiger partial charge in [0.1, 0.15) is 6.29 Å². The second-order valence-corrected chi connectivity index (χ2v) is 2.55. The molecule has 1 nitrogen and oxygen atoms in total. The van der Waals surface area contributed by atoms with Crippen LogP contribution < -0.4 is 0 Å². The van der Waals surface area contributed by atoms with Gasteiger partial charge in [-0.1, -0.05) is 24.5 Å². The quantitative estimate of drug-likeness (QED) is 0.427. The van der Waals surface area contributed by atoms with E-state index in [9.17, 15) is 4.79 Å². The molecule has 0 spiro atoms. The lowest BCUT2D eigenvalue weighted by Gasteiger charge is -1.76. The first-order valence-electron chi connectivity index (χ1n) is 3.62. The third-order valence-electron chi connectivity index (χ3n) is 1.68. The number of rotatable bonds is 2. The van der Waals surface area contributed by atoms with Gasteiger partial charge in [-0.05, 0) is 24.5 Å². The first kappa shape index (κ1) is 7.81. The fraction of sp³-hybridized carbons (Fsp3) is 0.300. The highest BCUT2D eigenvalue weighted by Gasteiger charge is 2.33. The highest BCUT2D eigenvalue weighted by atomic mass is 16.1. The van der Waals surface area contributed by atoms with Crippen LogP contribution in [0.4, 0.5) is 0 Å². The summed E-state index contributed by atoms with van der Waals surface area (Å²) in [6, 6.07) is 0. The zero-order valence-corrected chi connectivity index (χ0v) is 6.29. The fourth-order valence-electron chi connectivity index (χ4n) is 0.892. The number of aldehydes is 1. The summed E-state index contributed by atoms with van der Waals surface area (Å²) in [5.41, 5.74) is 0. The summed E-state index contributed by atoms with van der Waals surface area (Å²) in [6.07, 6.45) is 7.32. The number of hydrogen-bond acceptors (Lipinski definition) is 1. The lowest BCUT2D eigenvalue weighted by atomic mass is 10.3. The second-order valence-electron chi connectivity index (χ2n) is 2.55. The maximum absolute atomic E-state index is 10.2. The van der Waals surface area contributed by atoms with Gasteiger partial charge in [0.25, 0.3) is 0 Å². The predicted octanol–water partition coefficient (Wildman–Crippen LogP) is 1.57. The Labute approximate surface area is 66.8 Å². The van der Waals surface area contributed by atoms with Crippen LogP contribution in [0.25, 0.3) is 0 Å². The summed E-state index contributed by atoms with van der Waals surface area (Å²) >= 11 is 0. The van der Waals surface area contributed by atoms with Gasteiger partial charge in [-0.15, -0.1) is 0 Å². The number of allylic oxidation sites excluding steroid dienone is 3. The molecule has 1 saturated carbocycles. The molecule has 1 fully saturated rings. The molecule has 0 heterocycles. The summed E-state index contributed by atoms with van der Waals surface area (Å²) in [6.45, 7) is 3.46. The van der Waals surface area contributed by atoms with Gasteiger partial charge in [-0.25, -0.2) is 0 Å². The molecule has 2 atom stereocenters. The zero-order valence-electron chi connectivity index (χ0n) is 6.29. The van der Waals surface area contributed by atoms with E-state index < -0.39 is 0 Å². The molecule has 0 radical (unpaired) electrons. The van der Waals surface area contributed by atoms with Crippen LogP contribution in [0.15, 0.2) is 24.8 Å². The van der Waals surface area contributed by atoms with Crippen LogP contribution in [0.1, 0.15) is 6.42 Å². The molecule has 1 aliphatic carbocycles. The van der Waals surface area contributed by atoms with Gasteiger partial charge >= 0.3 is 0 Å². The lowest BCUT2D eigenvalue weighted by Crippen LogP contribution is -1.76. The minimum Gasteiger partial charge on any atom is -0.303 e. The monoisotopic (exact) mass is 146 g/mol. The molecule has 0 aliphatic heterocycles. The lowest BCUT2D eigenvalue weighted by molar-refractivity contribution is -0.109. The van der Waals surface area contributed by atoms with Gasteiger partial charge in [-0.2, -0.15) is 0 Å². The summed E-state index contributed by atoms with van der Waals surface area (Å²) in [7, 11) is 0. The van der Waals surface area contributed by atoms with Gasteiger partial charge in [0.05, 0.1) is 0 Å². The number of carbonyl (C=O) groups is 1. The van der Waals surface area contributed by atoms with Crippen molar-refractivity contribution in [2.75, 3.05) is 0 Å². The van der Waals surface area contributed by atoms with Gasteiger partial charge in [0, 0.05) is 5.92 Å². The van der Waals surface area contributed by atoms with Gasteiger partial charge in [-0.3, -0.25) is 0 Å². The summed E-state index contributed by atoms with van der Waals surface area (Å²) < 4.78 is 0. The first-order chi connectivity index (χ1) is 5.38. The third kappa shape index (κ3) is 2.43. The molecular formula is C10H10O. The Kier molecular flexibility index (Phi) is 2.68. The minimum atomic E-state index is 0.261. The summed E-state index contributed by atoms with van der Waals surface area (Å²) in [4.78, 5) is 10.2. The average molecular weight is 146 g/mol. The SMILES string of the molecule is C=CC#C/C=C/C1CC1C=O. The highest BCUT2D eigenvalue weighted by molar-refractivity contribution is 5.59. The van der Waals surface area contributed by atoms with Crippen molar-refractivity contribution in [2.24, 2.45) is 11.8 Å². The molecular weight excluding hydrogens is 136 g/mol. The molecule has 11 heavy (non-hydrogen) atoms. The molecule has 1 aliphatic rings. The fourth-order valence-corrected chi connectivity index (χ4v) is 0.892. The van der Waals surface area contributed by atoms with Crippen LogP contribution in [0, 0.1) is 23.7 Å². The maximum atomic E-state index is 10.2. The van der Waals surface area contributed by atoms with Crippen molar-refractivity contribution in [3.8, 4) is 11.8 Å². The van der Waals surface area contributed by atoms with Crippen molar-refractivity contribution in [3.05, 3.63) is 24.8 Å². The number of hydrogen-bond donors (Lipinski definition) is 0. The van der Waals surface area contributed by atoms with Crippen molar-refractivity contribution in [3.63, 3.8) is 0 Å². The van der Waals surface area contributed by atoms with Gasteiger partial charge in [0.15, 0.2) is 0 Å². The largest absolute Gasteiger partial charge is 0.303 e. The Morgan fingerprint density at radius 1 is 1.36 bits per heavy atom. The van der Waals surface area contributed by atoms with Crippen LogP contribution in [-0.4, -0.2) is 6.29 Å². The Hall–Kier alpha value is -1.29. The van der Waals surface area contributed by atoms with E-state index in [1.165, 1.54) is 0 Å². The molecule has 0 aromatic carbocycles. The molecule has 0 aromatic heterocycles.